The molecule has 6 rings (SSSR count). The first-order valence-corrected chi connectivity index (χ1v) is 13.1. The van der Waals surface area contributed by atoms with Gasteiger partial charge in [0, 0.05) is 17.8 Å². The van der Waals surface area contributed by atoms with Crippen molar-refractivity contribution in [2.45, 2.75) is 37.6 Å². The number of benzene rings is 3. The van der Waals surface area contributed by atoms with Gasteiger partial charge in [0.05, 0.1) is 20.3 Å². The Morgan fingerprint density at radius 2 is 1.75 bits per heavy atom. The highest BCUT2D eigenvalue weighted by molar-refractivity contribution is 5.95. The summed E-state index contributed by atoms with van der Waals surface area (Å²) in [6.45, 7) is 0.566. The lowest BCUT2D eigenvalue weighted by Crippen LogP contribution is -2.35. The number of rotatable bonds is 7. The van der Waals surface area contributed by atoms with Crippen LogP contribution >= 0.6 is 0 Å². The monoisotopic (exact) mass is 482 g/mol. The quantitative estimate of drug-likeness (QED) is 0.435. The zero-order valence-corrected chi connectivity index (χ0v) is 21.0. The molecule has 2 saturated carbocycles. The summed E-state index contributed by atoms with van der Waals surface area (Å²) in [6.07, 6.45) is 4.70. The Morgan fingerprint density at radius 3 is 2.56 bits per heavy atom. The zero-order valence-electron chi connectivity index (χ0n) is 21.0. The van der Waals surface area contributed by atoms with Gasteiger partial charge in [-0.25, -0.2) is 0 Å². The highest BCUT2D eigenvalue weighted by atomic mass is 16.5. The summed E-state index contributed by atoms with van der Waals surface area (Å²) >= 11 is 0. The van der Waals surface area contributed by atoms with Gasteiger partial charge in [0.1, 0.15) is 0 Å². The normalized spacial score (nSPS) is 25.4. The van der Waals surface area contributed by atoms with Crippen LogP contribution in [0.5, 0.6) is 11.5 Å². The van der Waals surface area contributed by atoms with Crippen molar-refractivity contribution in [1.82, 2.24) is 5.32 Å². The van der Waals surface area contributed by atoms with Crippen molar-refractivity contribution in [3.8, 4) is 11.5 Å². The van der Waals surface area contributed by atoms with Crippen LogP contribution in [0.4, 0.5) is 5.69 Å². The fourth-order valence-corrected chi connectivity index (χ4v) is 7.08. The second-order valence-electron chi connectivity index (χ2n) is 10.5. The van der Waals surface area contributed by atoms with E-state index in [0.717, 1.165) is 29.4 Å². The number of carbonyl (C=O) groups is 1. The van der Waals surface area contributed by atoms with Crippen LogP contribution in [0.25, 0.3) is 0 Å². The molecule has 3 aromatic carbocycles. The summed E-state index contributed by atoms with van der Waals surface area (Å²) in [5.41, 5.74) is 5.76. The van der Waals surface area contributed by atoms with Crippen molar-refractivity contribution in [2.24, 2.45) is 17.8 Å². The number of ether oxygens (including phenoxy) is 2. The van der Waals surface area contributed by atoms with Crippen molar-refractivity contribution in [3.63, 3.8) is 0 Å². The number of nitrogens with one attached hydrogen (secondary N) is 2. The maximum absolute atomic E-state index is 13.1. The van der Waals surface area contributed by atoms with Gasteiger partial charge in [-0.1, -0.05) is 36.4 Å². The van der Waals surface area contributed by atoms with Crippen LogP contribution in [0, 0.1) is 17.8 Å². The first kappa shape index (κ1) is 23.0. The topological polar surface area (TPSA) is 59.6 Å². The highest BCUT2D eigenvalue weighted by Crippen LogP contribution is 2.63. The second kappa shape index (κ2) is 9.53. The van der Waals surface area contributed by atoms with Gasteiger partial charge < -0.3 is 20.1 Å². The highest BCUT2D eigenvalue weighted by Gasteiger charge is 2.53. The SMILES string of the molecule is COc1ccc(CCNC(=O)c2ccc3c(c2)C2C4CCC(C4)C2C(c2ccccc2)N3)cc1OC. The van der Waals surface area contributed by atoms with Crippen LogP contribution < -0.4 is 20.1 Å². The lowest BCUT2D eigenvalue weighted by atomic mass is 9.68. The molecular weight excluding hydrogens is 448 g/mol. The third kappa shape index (κ3) is 4.01. The maximum atomic E-state index is 13.1. The van der Waals surface area contributed by atoms with Crippen molar-refractivity contribution in [1.29, 1.82) is 0 Å². The van der Waals surface area contributed by atoms with E-state index in [0.29, 0.717) is 35.9 Å². The van der Waals surface area contributed by atoms with Gasteiger partial charge in [0.15, 0.2) is 11.5 Å². The average Bonchev–Trinajstić information content (AvgIpc) is 3.56. The molecule has 2 N–H and O–H groups in total. The maximum Gasteiger partial charge on any atom is 0.251 e. The van der Waals surface area contributed by atoms with Crippen LogP contribution in [0.1, 0.15) is 58.3 Å². The Morgan fingerprint density at radius 1 is 0.944 bits per heavy atom. The van der Waals surface area contributed by atoms with Crippen molar-refractivity contribution < 1.29 is 14.3 Å². The summed E-state index contributed by atoms with van der Waals surface area (Å²) in [5.74, 6) is 4.04. The van der Waals surface area contributed by atoms with E-state index in [1.165, 1.54) is 36.1 Å². The number of amides is 1. The van der Waals surface area contributed by atoms with Gasteiger partial charge >= 0.3 is 0 Å². The molecule has 2 bridgehead atoms. The molecule has 1 amide bonds. The molecule has 1 aliphatic heterocycles. The molecule has 0 radical (unpaired) electrons. The van der Waals surface area contributed by atoms with E-state index in [-0.39, 0.29) is 5.91 Å². The summed E-state index contributed by atoms with van der Waals surface area (Å²) in [5, 5.41) is 6.98. The largest absolute Gasteiger partial charge is 0.493 e. The number of hydrogen-bond acceptors (Lipinski definition) is 4. The summed E-state index contributed by atoms with van der Waals surface area (Å²) < 4.78 is 10.7. The third-order valence-electron chi connectivity index (χ3n) is 8.66. The molecule has 2 aliphatic carbocycles. The van der Waals surface area contributed by atoms with Crippen molar-refractivity contribution in [2.75, 3.05) is 26.1 Å². The Labute approximate surface area is 213 Å². The first-order valence-electron chi connectivity index (χ1n) is 13.1. The van der Waals surface area contributed by atoms with E-state index in [4.69, 9.17) is 9.47 Å². The lowest BCUT2D eigenvalue weighted by molar-refractivity contribution is 0.0954. The van der Waals surface area contributed by atoms with E-state index >= 15 is 0 Å². The van der Waals surface area contributed by atoms with E-state index in [1.54, 1.807) is 14.2 Å². The lowest BCUT2D eigenvalue weighted by Gasteiger charge is -2.43. The van der Waals surface area contributed by atoms with Crippen molar-refractivity contribution >= 4 is 11.6 Å². The van der Waals surface area contributed by atoms with Crippen LogP contribution in [-0.4, -0.2) is 26.7 Å². The van der Waals surface area contributed by atoms with E-state index in [1.807, 2.05) is 24.3 Å². The Balaban J connectivity index is 1.19. The van der Waals surface area contributed by atoms with Gasteiger partial charge in [-0.15, -0.1) is 0 Å². The van der Waals surface area contributed by atoms with Crippen LogP contribution in [-0.2, 0) is 6.42 Å². The molecule has 5 atom stereocenters. The summed E-state index contributed by atoms with van der Waals surface area (Å²) in [4.78, 5) is 13.1. The molecule has 5 heteroatoms. The summed E-state index contributed by atoms with van der Waals surface area (Å²) in [7, 11) is 3.27. The van der Waals surface area contributed by atoms with E-state index in [2.05, 4.69) is 53.1 Å². The Bertz CT molecular complexity index is 1260. The zero-order chi connectivity index (χ0) is 24.6. The van der Waals surface area contributed by atoms with Crippen LogP contribution in [0.2, 0.25) is 0 Å². The molecule has 1 heterocycles. The molecule has 5 nitrogen and oxygen atoms in total. The fourth-order valence-electron chi connectivity index (χ4n) is 7.08. The number of methoxy groups -OCH3 is 2. The minimum atomic E-state index is -0.0110. The van der Waals surface area contributed by atoms with Gasteiger partial charge in [0.25, 0.3) is 5.91 Å². The van der Waals surface area contributed by atoms with E-state index < -0.39 is 0 Å². The molecular formula is C31H34N2O3. The third-order valence-corrected chi connectivity index (χ3v) is 8.66. The molecule has 186 valence electrons. The van der Waals surface area contributed by atoms with E-state index in [9.17, 15) is 4.79 Å². The van der Waals surface area contributed by atoms with Crippen LogP contribution in [0.3, 0.4) is 0 Å². The molecule has 5 unspecified atom stereocenters. The molecule has 2 fully saturated rings. The number of hydrogen-bond donors (Lipinski definition) is 2. The average molecular weight is 483 g/mol. The molecule has 36 heavy (non-hydrogen) atoms. The molecule has 3 aromatic rings. The van der Waals surface area contributed by atoms with Gasteiger partial charge in [-0.3, -0.25) is 4.79 Å². The fraction of sp³-hybridized carbons (Fsp3) is 0.387. The smallest absolute Gasteiger partial charge is 0.251 e. The van der Waals surface area contributed by atoms with Gasteiger partial charge in [0.2, 0.25) is 0 Å². The Kier molecular flexibility index (Phi) is 6.08. The standard InChI is InChI=1S/C31H34N2O3/c1-35-26-13-8-19(16-27(26)36-2)14-15-32-31(34)23-11-12-25-24(18-23)28-21-9-10-22(17-21)29(28)30(33-25)20-6-4-3-5-7-20/h3-8,11-13,16,18,21-22,28-30,33H,9-10,14-15,17H2,1-2H3,(H,32,34). The van der Waals surface area contributed by atoms with Gasteiger partial charge in [-0.05, 0) is 96.4 Å². The molecule has 3 aliphatic rings. The minimum Gasteiger partial charge on any atom is -0.493 e. The molecule has 0 spiro atoms. The van der Waals surface area contributed by atoms with Crippen molar-refractivity contribution in [3.05, 3.63) is 89.0 Å². The number of anilines is 1. The van der Waals surface area contributed by atoms with Crippen LogP contribution in [0.15, 0.2) is 66.7 Å². The number of carbonyl (C=O) groups excluding carboxylic acids is 1. The molecule has 0 aromatic heterocycles. The minimum absolute atomic E-state index is 0.0110. The Hall–Kier alpha value is -3.47. The predicted molar refractivity (Wildman–Crippen MR) is 142 cm³/mol. The summed E-state index contributed by atoms with van der Waals surface area (Å²) in [6, 6.07) is 23.4. The molecule has 0 saturated heterocycles. The second-order valence-corrected chi connectivity index (χ2v) is 10.5. The predicted octanol–water partition coefficient (Wildman–Crippen LogP) is 5.97. The number of fused-ring (bicyclic) bond motifs is 7. The van der Waals surface area contributed by atoms with Gasteiger partial charge in [-0.2, -0.15) is 0 Å². The first-order chi connectivity index (χ1) is 17.7.